The van der Waals surface area contributed by atoms with Crippen LogP contribution in [-0.4, -0.2) is 11.1 Å². The summed E-state index contributed by atoms with van der Waals surface area (Å²) >= 11 is 8.32. The standard InChI is InChI=1S/C15H19ClS/c16-13-5-3-4-11(9-13)8-12-10-17-15-7-2-1-6-14(12)15/h1-2,6-7,11-13H,3-5,8-10H2. The van der Waals surface area contributed by atoms with Gasteiger partial charge in [0.25, 0.3) is 0 Å². The summed E-state index contributed by atoms with van der Waals surface area (Å²) in [6.07, 6.45) is 6.55. The van der Waals surface area contributed by atoms with Gasteiger partial charge < -0.3 is 0 Å². The SMILES string of the molecule is ClC1CCCC(CC2CSc3ccccc32)C1. The van der Waals surface area contributed by atoms with E-state index >= 15 is 0 Å². The molecule has 3 atom stereocenters. The van der Waals surface area contributed by atoms with Crippen LogP contribution in [0.5, 0.6) is 0 Å². The van der Waals surface area contributed by atoms with E-state index in [-0.39, 0.29) is 0 Å². The molecule has 1 aliphatic carbocycles. The number of thioether (sulfide) groups is 1. The first-order chi connectivity index (χ1) is 8.33. The Balaban J connectivity index is 1.67. The highest BCUT2D eigenvalue weighted by atomic mass is 35.5. The molecule has 0 N–H and O–H groups in total. The molecule has 0 bridgehead atoms. The molecule has 92 valence electrons. The molecular formula is C15H19ClS. The molecule has 1 fully saturated rings. The van der Waals surface area contributed by atoms with E-state index < -0.39 is 0 Å². The highest BCUT2D eigenvalue weighted by Crippen LogP contribution is 2.44. The number of rotatable bonds is 2. The van der Waals surface area contributed by atoms with E-state index in [0.717, 1.165) is 11.8 Å². The third-order valence-corrected chi connectivity index (χ3v) is 5.78. The van der Waals surface area contributed by atoms with Crippen LogP contribution in [0.15, 0.2) is 29.2 Å². The lowest BCUT2D eigenvalue weighted by Gasteiger charge is -2.27. The summed E-state index contributed by atoms with van der Waals surface area (Å²) in [6.45, 7) is 0. The average Bonchev–Trinajstić information content (AvgIpc) is 2.73. The van der Waals surface area contributed by atoms with Crippen molar-refractivity contribution in [1.82, 2.24) is 0 Å². The predicted molar refractivity (Wildman–Crippen MR) is 76.1 cm³/mol. The Morgan fingerprint density at radius 1 is 1.24 bits per heavy atom. The van der Waals surface area contributed by atoms with Crippen molar-refractivity contribution in [2.24, 2.45) is 5.92 Å². The molecule has 0 amide bonds. The van der Waals surface area contributed by atoms with Gasteiger partial charge in [-0.25, -0.2) is 0 Å². The maximum atomic E-state index is 6.29. The lowest BCUT2D eigenvalue weighted by atomic mass is 9.81. The first-order valence-electron chi connectivity index (χ1n) is 6.68. The van der Waals surface area contributed by atoms with Gasteiger partial charge in [-0.3, -0.25) is 0 Å². The van der Waals surface area contributed by atoms with Crippen LogP contribution < -0.4 is 0 Å². The highest BCUT2D eigenvalue weighted by molar-refractivity contribution is 7.99. The first-order valence-corrected chi connectivity index (χ1v) is 8.11. The second kappa shape index (κ2) is 5.24. The van der Waals surface area contributed by atoms with Gasteiger partial charge in [0, 0.05) is 16.0 Å². The van der Waals surface area contributed by atoms with Crippen LogP contribution >= 0.6 is 23.4 Å². The van der Waals surface area contributed by atoms with Crippen molar-refractivity contribution < 1.29 is 0 Å². The molecule has 2 heteroatoms. The lowest BCUT2D eigenvalue weighted by Crippen LogP contribution is -2.17. The van der Waals surface area contributed by atoms with Crippen molar-refractivity contribution >= 4 is 23.4 Å². The molecule has 1 heterocycles. The normalized spacial score (nSPS) is 32.4. The highest BCUT2D eigenvalue weighted by Gasteiger charge is 2.28. The van der Waals surface area contributed by atoms with Crippen LogP contribution in [0, 0.1) is 5.92 Å². The molecule has 3 rings (SSSR count). The monoisotopic (exact) mass is 266 g/mol. The lowest BCUT2D eigenvalue weighted by molar-refractivity contribution is 0.328. The van der Waals surface area contributed by atoms with Crippen LogP contribution in [0.25, 0.3) is 0 Å². The summed E-state index contributed by atoms with van der Waals surface area (Å²) < 4.78 is 0. The summed E-state index contributed by atoms with van der Waals surface area (Å²) in [7, 11) is 0. The molecule has 0 radical (unpaired) electrons. The summed E-state index contributed by atoms with van der Waals surface area (Å²) in [5, 5.41) is 0.443. The van der Waals surface area contributed by atoms with Gasteiger partial charge in [0.2, 0.25) is 0 Å². The van der Waals surface area contributed by atoms with E-state index in [0.29, 0.717) is 5.38 Å². The number of alkyl halides is 1. The molecule has 1 aromatic rings. The molecule has 0 aromatic heterocycles. The second-order valence-electron chi connectivity index (χ2n) is 5.41. The number of benzene rings is 1. The smallest absolute Gasteiger partial charge is 0.0338 e. The van der Waals surface area contributed by atoms with Crippen LogP contribution in [-0.2, 0) is 0 Å². The zero-order chi connectivity index (χ0) is 11.7. The minimum atomic E-state index is 0.443. The van der Waals surface area contributed by atoms with Gasteiger partial charge in [-0.1, -0.05) is 31.0 Å². The van der Waals surface area contributed by atoms with E-state index in [1.807, 2.05) is 11.8 Å². The zero-order valence-corrected chi connectivity index (χ0v) is 11.6. The van der Waals surface area contributed by atoms with Crippen molar-refractivity contribution in [3.8, 4) is 0 Å². The Bertz CT molecular complexity index is 390. The molecule has 0 spiro atoms. The Morgan fingerprint density at radius 3 is 3.00 bits per heavy atom. The van der Waals surface area contributed by atoms with Gasteiger partial charge in [-0.15, -0.1) is 23.4 Å². The Morgan fingerprint density at radius 2 is 2.12 bits per heavy atom. The van der Waals surface area contributed by atoms with E-state index in [1.54, 1.807) is 5.56 Å². The fraction of sp³-hybridized carbons (Fsp3) is 0.600. The minimum absolute atomic E-state index is 0.443. The van der Waals surface area contributed by atoms with Crippen LogP contribution in [0.1, 0.15) is 43.6 Å². The van der Waals surface area contributed by atoms with Crippen molar-refractivity contribution in [3.05, 3.63) is 29.8 Å². The third-order valence-electron chi connectivity index (χ3n) is 4.14. The van der Waals surface area contributed by atoms with Crippen molar-refractivity contribution in [2.45, 2.75) is 48.3 Å². The molecular weight excluding hydrogens is 248 g/mol. The molecule has 3 unspecified atom stereocenters. The third kappa shape index (κ3) is 2.66. The van der Waals surface area contributed by atoms with Gasteiger partial charge in [0.1, 0.15) is 0 Å². The van der Waals surface area contributed by atoms with E-state index in [2.05, 4.69) is 24.3 Å². The zero-order valence-electron chi connectivity index (χ0n) is 10.1. The van der Waals surface area contributed by atoms with Crippen LogP contribution in [0.4, 0.5) is 0 Å². The molecule has 0 saturated heterocycles. The molecule has 2 aliphatic rings. The molecule has 1 aliphatic heterocycles. The van der Waals surface area contributed by atoms with Gasteiger partial charge >= 0.3 is 0 Å². The number of halogens is 1. The fourth-order valence-electron chi connectivity index (χ4n) is 3.27. The Kier molecular flexibility index (Phi) is 3.67. The van der Waals surface area contributed by atoms with Crippen molar-refractivity contribution in [3.63, 3.8) is 0 Å². The molecule has 0 nitrogen and oxygen atoms in total. The largest absolute Gasteiger partial charge is 0.125 e. The van der Waals surface area contributed by atoms with E-state index in [9.17, 15) is 0 Å². The van der Waals surface area contributed by atoms with Crippen LogP contribution in [0.2, 0.25) is 0 Å². The molecule has 1 aromatic carbocycles. The van der Waals surface area contributed by atoms with Crippen molar-refractivity contribution in [1.29, 1.82) is 0 Å². The number of hydrogen-bond acceptors (Lipinski definition) is 1. The maximum absolute atomic E-state index is 6.29. The molecule has 17 heavy (non-hydrogen) atoms. The topological polar surface area (TPSA) is 0 Å². The Hall–Kier alpha value is -0.140. The van der Waals surface area contributed by atoms with Crippen molar-refractivity contribution in [2.75, 3.05) is 5.75 Å². The quantitative estimate of drug-likeness (QED) is 0.674. The van der Waals surface area contributed by atoms with Crippen LogP contribution in [0.3, 0.4) is 0 Å². The summed E-state index contributed by atoms with van der Waals surface area (Å²) in [5.41, 5.74) is 1.59. The maximum Gasteiger partial charge on any atom is 0.0338 e. The summed E-state index contributed by atoms with van der Waals surface area (Å²) in [4.78, 5) is 1.51. The second-order valence-corrected chi connectivity index (χ2v) is 7.09. The average molecular weight is 267 g/mol. The first kappa shape index (κ1) is 11.9. The molecule has 1 saturated carbocycles. The number of fused-ring (bicyclic) bond motifs is 1. The Labute approximate surface area is 113 Å². The summed E-state index contributed by atoms with van der Waals surface area (Å²) in [5.74, 6) is 2.93. The van der Waals surface area contributed by atoms with Gasteiger partial charge in [0.05, 0.1) is 0 Å². The number of hydrogen-bond donors (Lipinski definition) is 0. The van der Waals surface area contributed by atoms with Gasteiger partial charge in [-0.05, 0) is 42.7 Å². The van der Waals surface area contributed by atoms with Gasteiger partial charge in [0.15, 0.2) is 0 Å². The fourth-order valence-corrected chi connectivity index (χ4v) is 4.95. The van der Waals surface area contributed by atoms with E-state index in [4.69, 9.17) is 11.6 Å². The minimum Gasteiger partial charge on any atom is -0.125 e. The summed E-state index contributed by atoms with van der Waals surface area (Å²) in [6, 6.07) is 8.93. The van der Waals surface area contributed by atoms with E-state index in [1.165, 1.54) is 42.8 Å². The van der Waals surface area contributed by atoms with Gasteiger partial charge in [-0.2, -0.15) is 0 Å². The predicted octanol–water partition coefficient (Wildman–Crippen LogP) is 5.06.